The van der Waals surface area contributed by atoms with E-state index in [1.54, 1.807) is 0 Å². The number of nitrogens with one attached hydrogen (secondary N) is 1. The molecule has 2 rings (SSSR count). The molecule has 1 fully saturated rings. The molecule has 0 aromatic heterocycles. The highest BCUT2D eigenvalue weighted by molar-refractivity contribution is 5.57. The Balaban J connectivity index is 2.27. The van der Waals surface area contributed by atoms with Gasteiger partial charge in [-0.2, -0.15) is 0 Å². The van der Waals surface area contributed by atoms with Gasteiger partial charge in [0.25, 0.3) is 0 Å². The van der Waals surface area contributed by atoms with Crippen LogP contribution in [0.3, 0.4) is 0 Å². The number of aryl methyl sites for hydroxylation is 2. The van der Waals surface area contributed by atoms with Crippen molar-refractivity contribution < 1.29 is 5.11 Å². The molecule has 0 radical (unpaired) electrons. The second kappa shape index (κ2) is 2.95. The molecule has 0 amide bonds. The average molecular weight is 177 g/mol. The number of benzene rings is 1. The molecule has 2 N–H and O–H groups in total. The summed E-state index contributed by atoms with van der Waals surface area (Å²) >= 11 is 0. The summed E-state index contributed by atoms with van der Waals surface area (Å²) in [6, 6.07) is 4.51. The van der Waals surface area contributed by atoms with E-state index in [9.17, 15) is 5.11 Å². The van der Waals surface area contributed by atoms with Gasteiger partial charge in [0.2, 0.25) is 0 Å². The Bertz CT molecular complexity index is 329. The number of aromatic hydroxyl groups is 1. The van der Waals surface area contributed by atoms with E-state index in [1.165, 1.54) is 12.8 Å². The first-order valence-corrected chi connectivity index (χ1v) is 4.73. The molecule has 1 aliphatic rings. The largest absolute Gasteiger partial charge is 0.508 e. The summed E-state index contributed by atoms with van der Waals surface area (Å²) < 4.78 is 0. The predicted octanol–water partition coefficient (Wildman–Crippen LogP) is 2.58. The smallest absolute Gasteiger partial charge is 0.118 e. The zero-order valence-corrected chi connectivity index (χ0v) is 8.09. The lowest BCUT2D eigenvalue weighted by molar-refractivity contribution is 0.471. The summed E-state index contributed by atoms with van der Waals surface area (Å²) in [7, 11) is 0. The van der Waals surface area contributed by atoms with Crippen molar-refractivity contribution in [2.24, 2.45) is 0 Å². The van der Waals surface area contributed by atoms with Gasteiger partial charge in [-0.15, -0.1) is 0 Å². The van der Waals surface area contributed by atoms with E-state index in [4.69, 9.17) is 0 Å². The highest BCUT2D eigenvalue weighted by Gasteiger charge is 2.21. The van der Waals surface area contributed by atoms with E-state index >= 15 is 0 Å². The maximum atomic E-state index is 9.45. The third-order valence-corrected chi connectivity index (χ3v) is 2.48. The summed E-state index contributed by atoms with van der Waals surface area (Å²) in [4.78, 5) is 0. The van der Waals surface area contributed by atoms with Crippen LogP contribution in [0, 0.1) is 13.8 Å². The van der Waals surface area contributed by atoms with Gasteiger partial charge in [-0.3, -0.25) is 0 Å². The summed E-state index contributed by atoms with van der Waals surface area (Å²) in [6.07, 6.45) is 2.55. The molecule has 2 nitrogen and oxygen atoms in total. The van der Waals surface area contributed by atoms with E-state index in [0.29, 0.717) is 11.8 Å². The number of hydrogen-bond acceptors (Lipinski definition) is 2. The average Bonchev–Trinajstić information content (AvgIpc) is 2.84. The van der Waals surface area contributed by atoms with Crippen LogP contribution < -0.4 is 5.32 Å². The van der Waals surface area contributed by atoms with Crippen molar-refractivity contribution in [3.8, 4) is 5.75 Å². The van der Waals surface area contributed by atoms with Crippen LogP contribution in [0.25, 0.3) is 0 Å². The van der Waals surface area contributed by atoms with Crippen molar-refractivity contribution in [3.05, 3.63) is 23.3 Å². The van der Waals surface area contributed by atoms with Crippen LogP contribution in [-0.4, -0.2) is 11.1 Å². The lowest BCUT2D eigenvalue weighted by Gasteiger charge is -2.10. The molecular weight excluding hydrogens is 162 g/mol. The Morgan fingerprint density at radius 3 is 2.54 bits per heavy atom. The monoisotopic (exact) mass is 177 g/mol. The van der Waals surface area contributed by atoms with Crippen molar-refractivity contribution in [2.75, 3.05) is 5.32 Å². The Labute approximate surface area is 78.6 Å². The van der Waals surface area contributed by atoms with Gasteiger partial charge >= 0.3 is 0 Å². The van der Waals surface area contributed by atoms with Crippen LogP contribution in [0.1, 0.15) is 24.0 Å². The summed E-state index contributed by atoms with van der Waals surface area (Å²) in [5, 5.41) is 12.9. The first-order chi connectivity index (χ1) is 6.16. The third kappa shape index (κ3) is 1.77. The molecule has 0 saturated heterocycles. The van der Waals surface area contributed by atoms with Crippen LogP contribution in [0.15, 0.2) is 12.1 Å². The van der Waals surface area contributed by atoms with E-state index < -0.39 is 0 Å². The number of anilines is 1. The van der Waals surface area contributed by atoms with E-state index in [0.717, 1.165) is 16.8 Å². The first-order valence-electron chi connectivity index (χ1n) is 4.73. The fraction of sp³-hybridized carbons (Fsp3) is 0.455. The van der Waals surface area contributed by atoms with Crippen LogP contribution >= 0.6 is 0 Å². The van der Waals surface area contributed by atoms with E-state index in [-0.39, 0.29) is 0 Å². The van der Waals surface area contributed by atoms with Crippen molar-refractivity contribution >= 4 is 5.69 Å². The summed E-state index contributed by atoms with van der Waals surface area (Å²) in [5.74, 6) is 0.388. The van der Waals surface area contributed by atoms with Gasteiger partial charge in [-0.1, -0.05) is 0 Å². The molecule has 1 aliphatic carbocycles. The number of phenolic OH excluding ortho intramolecular Hbond substituents is 1. The minimum Gasteiger partial charge on any atom is -0.508 e. The van der Waals surface area contributed by atoms with Crippen LogP contribution in [0.5, 0.6) is 5.75 Å². The summed E-state index contributed by atoms with van der Waals surface area (Å²) in [5.41, 5.74) is 3.22. The van der Waals surface area contributed by atoms with Crippen LogP contribution in [0.4, 0.5) is 5.69 Å². The number of hydrogen-bond donors (Lipinski definition) is 2. The predicted molar refractivity (Wildman–Crippen MR) is 54.2 cm³/mol. The van der Waals surface area contributed by atoms with Gasteiger partial charge in [0, 0.05) is 11.7 Å². The van der Waals surface area contributed by atoms with Gasteiger partial charge in [0.05, 0.1) is 0 Å². The highest BCUT2D eigenvalue weighted by Crippen LogP contribution is 2.30. The van der Waals surface area contributed by atoms with Gasteiger partial charge in [-0.25, -0.2) is 0 Å². The molecule has 1 saturated carbocycles. The first kappa shape index (κ1) is 8.42. The molecule has 0 spiro atoms. The molecule has 0 bridgehead atoms. The standard InChI is InChI=1S/C11H15NO/c1-7-6-11(13)8(2)5-10(7)12-9-3-4-9/h5-6,9,12-13H,3-4H2,1-2H3. The number of rotatable bonds is 2. The van der Waals surface area contributed by atoms with Crippen LogP contribution in [-0.2, 0) is 0 Å². The van der Waals surface area contributed by atoms with Crippen molar-refractivity contribution in [2.45, 2.75) is 32.7 Å². The quantitative estimate of drug-likeness (QED) is 0.680. The van der Waals surface area contributed by atoms with Crippen molar-refractivity contribution in [1.29, 1.82) is 0 Å². The maximum Gasteiger partial charge on any atom is 0.118 e. The Morgan fingerprint density at radius 2 is 1.92 bits per heavy atom. The molecule has 0 unspecified atom stereocenters. The molecule has 70 valence electrons. The Kier molecular flexibility index (Phi) is 1.91. The lowest BCUT2D eigenvalue weighted by Crippen LogP contribution is -2.02. The fourth-order valence-corrected chi connectivity index (χ4v) is 1.40. The Hall–Kier alpha value is -1.18. The van der Waals surface area contributed by atoms with Gasteiger partial charge < -0.3 is 10.4 Å². The van der Waals surface area contributed by atoms with Gasteiger partial charge in [-0.05, 0) is 49.9 Å². The van der Waals surface area contributed by atoms with E-state index in [1.807, 2.05) is 26.0 Å². The fourth-order valence-electron chi connectivity index (χ4n) is 1.40. The highest BCUT2D eigenvalue weighted by atomic mass is 16.3. The van der Waals surface area contributed by atoms with Crippen molar-refractivity contribution in [1.82, 2.24) is 0 Å². The maximum absolute atomic E-state index is 9.45. The zero-order valence-electron chi connectivity index (χ0n) is 8.09. The number of phenols is 1. The molecular formula is C11H15NO. The molecule has 1 aromatic rings. The third-order valence-electron chi connectivity index (χ3n) is 2.48. The normalized spacial score (nSPS) is 15.8. The van der Waals surface area contributed by atoms with Gasteiger partial charge in [0.1, 0.15) is 5.75 Å². The second-order valence-corrected chi connectivity index (χ2v) is 3.87. The zero-order chi connectivity index (χ0) is 9.42. The molecule has 0 atom stereocenters. The Morgan fingerprint density at radius 1 is 1.23 bits per heavy atom. The second-order valence-electron chi connectivity index (χ2n) is 3.87. The molecule has 0 heterocycles. The molecule has 0 aliphatic heterocycles. The molecule has 13 heavy (non-hydrogen) atoms. The minimum atomic E-state index is 0.388. The molecule has 1 aromatic carbocycles. The summed E-state index contributed by atoms with van der Waals surface area (Å²) in [6.45, 7) is 3.94. The molecule has 2 heteroatoms. The minimum absolute atomic E-state index is 0.388. The van der Waals surface area contributed by atoms with Gasteiger partial charge in [0.15, 0.2) is 0 Å². The lowest BCUT2D eigenvalue weighted by atomic mass is 10.1. The van der Waals surface area contributed by atoms with Crippen molar-refractivity contribution in [3.63, 3.8) is 0 Å². The topological polar surface area (TPSA) is 32.3 Å². The SMILES string of the molecule is Cc1cc(NC2CC2)c(C)cc1O. The van der Waals surface area contributed by atoms with Crippen LogP contribution in [0.2, 0.25) is 0 Å². The van der Waals surface area contributed by atoms with E-state index in [2.05, 4.69) is 5.32 Å².